The Labute approximate surface area is 204 Å². The molecule has 0 amide bonds. The summed E-state index contributed by atoms with van der Waals surface area (Å²) >= 11 is 0. The van der Waals surface area contributed by atoms with Crippen LogP contribution in [0.3, 0.4) is 0 Å². The number of aryl methyl sites for hydroxylation is 2. The molecule has 0 aliphatic heterocycles. The number of pyridine rings is 1. The fourth-order valence-electron chi connectivity index (χ4n) is 3.43. The van der Waals surface area contributed by atoms with Crippen LogP contribution in [0.2, 0.25) is 0 Å². The van der Waals surface area contributed by atoms with Crippen LogP contribution in [0.15, 0.2) is 72.1 Å². The van der Waals surface area contributed by atoms with Crippen LogP contribution < -0.4 is 10.6 Å². The summed E-state index contributed by atoms with van der Waals surface area (Å²) < 4.78 is 3.73. The molecule has 32 heavy (non-hydrogen) atoms. The number of aliphatic imine (C=N–C) groups is 1. The third kappa shape index (κ3) is 5.52. The normalized spacial score (nSPS) is 11.2. The lowest BCUT2D eigenvalue weighted by molar-refractivity contribution is 0.778. The van der Waals surface area contributed by atoms with Crippen molar-refractivity contribution in [2.24, 2.45) is 4.99 Å². The molecule has 0 saturated heterocycles. The molecule has 0 bridgehead atoms. The largest absolute Gasteiger partial charge is 0.352 e. The van der Waals surface area contributed by atoms with Crippen molar-refractivity contribution in [2.75, 3.05) is 7.05 Å². The molecule has 0 fully saturated rings. The van der Waals surface area contributed by atoms with Gasteiger partial charge in [-0.2, -0.15) is 10.2 Å². The van der Waals surface area contributed by atoms with E-state index in [4.69, 9.17) is 0 Å². The summed E-state index contributed by atoms with van der Waals surface area (Å²) in [6.07, 6.45) is 5.40. The number of benzene rings is 1. The molecule has 9 heteroatoms. The van der Waals surface area contributed by atoms with Crippen LogP contribution in [0.1, 0.15) is 22.5 Å². The number of rotatable bonds is 6. The highest BCUT2D eigenvalue weighted by Crippen LogP contribution is 2.17. The van der Waals surface area contributed by atoms with Gasteiger partial charge < -0.3 is 10.6 Å². The smallest absolute Gasteiger partial charge is 0.191 e. The molecule has 3 heterocycles. The molecule has 0 aliphatic rings. The molecule has 0 aliphatic carbocycles. The van der Waals surface area contributed by atoms with E-state index in [0.29, 0.717) is 13.1 Å². The van der Waals surface area contributed by atoms with Crippen LogP contribution in [0.4, 0.5) is 0 Å². The topological polar surface area (TPSA) is 85.0 Å². The Bertz CT molecular complexity index is 1180. The zero-order valence-corrected chi connectivity index (χ0v) is 20.7. The minimum Gasteiger partial charge on any atom is -0.352 e. The molecular formula is C23H27IN8. The number of nitrogens with zero attached hydrogens (tertiary/aromatic N) is 6. The number of aromatic nitrogens is 5. The van der Waals surface area contributed by atoms with Crippen molar-refractivity contribution in [3.05, 3.63) is 89.6 Å². The molecule has 0 atom stereocenters. The summed E-state index contributed by atoms with van der Waals surface area (Å²) in [6, 6.07) is 16.2. The molecule has 2 N–H and O–H groups in total. The Morgan fingerprint density at radius 2 is 1.81 bits per heavy atom. The zero-order valence-electron chi connectivity index (χ0n) is 18.4. The monoisotopic (exact) mass is 542 g/mol. The summed E-state index contributed by atoms with van der Waals surface area (Å²) in [6.45, 7) is 5.32. The van der Waals surface area contributed by atoms with Gasteiger partial charge >= 0.3 is 0 Å². The second kappa shape index (κ2) is 10.9. The third-order valence-electron chi connectivity index (χ3n) is 4.91. The van der Waals surface area contributed by atoms with Gasteiger partial charge in [-0.1, -0.05) is 18.2 Å². The highest BCUT2D eigenvalue weighted by molar-refractivity contribution is 14.0. The van der Waals surface area contributed by atoms with Gasteiger partial charge in [0.05, 0.1) is 11.4 Å². The first-order valence-electron chi connectivity index (χ1n) is 10.1. The van der Waals surface area contributed by atoms with Crippen LogP contribution in [-0.4, -0.2) is 37.6 Å². The van der Waals surface area contributed by atoms with Crippen molar-refractivity contribution in [1.29, 1.82) is 0 Å². The standard InChI is InChI=1S/C23H26N8.HI/c1-17-13-18(2)31(29-17)21-8-5-4-7-20(21)16-27-23(24-3)26-15-19-9-11-25-22(14-19)30-12-6-10-28-30;/h4-14H,15-16H2,1-3H3,(H2,24,26,27);1H. The number of halogens is 1. The van der Waals surface area contributed by atoms with Crippen LogP contribution in [-0.2, 0) is 13.1 Å². The number of hydrogen-bond donors (Lipinski definition) is 2. The van der Waals surface area contributed by atoms with Crippen molar-refractivity contribution in [3.63, 3.8) is 0 Å². The van der Waals surface area contributed by atoms with Crippen LogP contribution in [0.25, 0.3) is 11.5 Å². The predicted octanol–water partition coefficient (Wildman–Crippen LogP) is 3.55. The Morgan fingerprint density at radius 3 is 2.53 bits per heavy atom. The lowest BCUT2D eigenvalue weighted by Crippen LogP contribution is -2.36. The summed E-state index contributed by atoms with van der Waals surface area (Å²) in [7, 11) is 1.77. The van der Waals surface area contributed by atoms with Crippen LogP contribution in [0, 0.1) is 13.8 Å². The number of para-hydroxylation sites is 1. The van der Waals surface area contributed by atoms with Crippen molar-refractivity contribution in [3.8, 4) is 11.5 Å². The van der Waals surface area contributed by atoms with E-state index in [1.165, 1.54) is 0 Å². The fourth-order valence-corrected chi connectivity index (χ4v) is 3.43. The zero-order chi connectivity index (χ0) is 21.6. The predicted molar refractivity (Wildman–Crippen MR) is 137 cm³/mol. The van der Waals surface area contributed by atoms with Crippen molar-refractivity contribution >= 4 is 29.9 Å². The summed E-state index contributed by atoms with van der Waals surface area (Å²) in [4.78, 5) is 8.72. The summed E-state index contributed by atoms with van der Waals surface area (Å²) in [5.74, 6) is 1.51. The summed E-state index contributed by atoms with van der Waals surface area (Å²) in [5, 5.41) is 15.6. The Morgan fingerprint density at radius 1 is 1.00 bits per heavy atom. The van der Waals surface area contributed by atoms with E-state index >= 15 is 0 Å². The summed E-state index contributed by atoms with van der Waals surface area (Å²) in [5.41, 5.74) is 5.41. The van der Waals surface area contributed by atoms with E-state index in [2.05, 4.69) is 55.9 Å². The highest BCUT2D eigenvalue weighted by Gasteiger charge is 2.09. The first kappa shape index (κ1) is 23.5. The molecule has 0 radical (unpaired) electrons. The first-order chi connectivity index (χ1) is 15.1. The molecule has 0 saturated carbocycles. The maximum atomic E-state index is 4.62. The van der Waals surface area contributed by atoms with Gasteiger partial charge in [0.15, 0.2) is 11.8 Å². The molecule has 0 spiro atoms. The van der Waals surface area contributed by atoms with E-state index in [-0.39, 0.29) is 24.0 Å². The van der Waals surface area contributed by atoms with E-state index in [0.717, 1.165) is 40.0 Å². The number of guanidine groups is 1. The van der Waals surface area contributed by atoms with Crippen molar-refractivity contribution < 1.29 is 0 Å². The van der Waals surface area contributed by atoms with Gasteiger partial charge in [0.2, 0.25) is 0 Å². The SMILES string of the molecule is CN=C(NCc1ccnc(-n2cccn2)c1)NCc1ccccc1-n1nc(C)cc1C.I. The van der Waals surface area contributed by atoms with Gasteiger partial charge in [0.1, 0.15) is 0 Å². The Hall–Kier alpha value is -3.21. The van der Waals surface area contributed by atoms with Gasteiger partial charge in [0, 0.05) is 44.4 Å². The van der Waals surface area contributed by atoms with E-state index in [1.54, 1.807) is 24.1 Å². The van der Waals surface area contributed by atoms with Gasteiger partial charge in [0.25, 0.3) is 0 Å². The Balaban J connectivity index is 0.00000289. The van der Waals surface area contributed by atoms with Crippen molar-refractivity contribution in [1.82, 2.24) is 35.2 Å². The maximum absolute atomic E-state index is 4.62. The molecule has 3 aromatic heterocycles. The first-order valence-corrected chi connectivity index (χ1v) is 10.1. The second-order valence-electron chi connectivity index (χ2n) is 7.22. The highest BCUT2D eigenvalue weighted by atomic mass is 127. The molecule has 0 unspecified atom stereocenters. The van der Waals surface area contributed by atoms with Gasteiger partial charge in [-0.3, -0.25) is 4.99 Å². The molecule has 8 nitrogen and oxygen atoms in total. The van der Waals surface area contributed by atoms with Gasteiger partial charge in [-0.25, -0.2) is 14.3 Å². The minimum absolute atomic E-state index is 0. The minimum atomic E-state index is 0. The average molecular weight is 542 g/mol. The molecular weight excluding hydrogens is 515 g/mol. The second-order valence-corrected chi connectivity index (χ2v) is 7.22. The number of nitrogens with one attached hydrogen (secondary N) is 2. The lowest BCUT2D eigenvalue weighted by Gasteiger charge is -2.15. The molecule has 4 rings (SSSR count). The molecule has 1 aromatic carbocycles. The Kier molecular flexibility index (Phi) is 7.98. The molecule has 166 valence electrons. The van der Waals surface area contributed by atoms with Gasteiger partial charge in [-0.05, 0) is 55.3 Å². The lowest BCUT2D eigenvalue weighted by atomic mass is 10.1. The number of hydrogen-bond acceptors (Lipinski definition) is 4. The van der Waals surface area contributed by atoms with Crippen LogP contribution >= 0.6 is 24.0 Å². The molecule has 4 aromatic rings. The van der Waals surface area contributed by atoms with E-state index in [1.807, 2.05) is 48.1 Å². The van der Waals surface area contributed by atoms with Crippen LogP contribution in [0.5, 0.6) is 0 Å². The maximum Gasteiger partial charge on any atom is 0.191 e. The fraction of sp³-hybridized carbons (Fsp3) is 0.217. The quantitative estimate of drug-likeness (QED) is 0.221. The van der Waals surface area contributed by atoms with E-state index < -0.39 is 0 Å². The van der Waals surface area contributed by atoms with E-state index in [9.17, 15) is 0 Å². The van der Waals surface area contributed by atoms with Crippen molar-refractivity contribution in [2.45, 2.75) is 26.9 Å². The third-order valence-corrected chi connectivity index (χ3v) is 4.91. The average Bonchev–Trinajstić information content (AvgIpc) is 3.44. The van der Waals surface area contributed by atoms with Gasteiger partial charge in [-0.15, -0.1) is 24.0 Å².